The molecular weight excluding hydrogens is 283 g/mol. The van der Waals surface area contributed by atoms with Crippen molar-refractivity contribution in [1.29, 1.82) is 0 Å². The smallest absolute Gasteiger partial charge is 0.235 e. The number of ether oxygens (including phenoxy) is 1. The van der Waals surface area contributed by atoms with Gasteiger partial charge in [-0.2, -0.15) is 0 Å². The van der Waals surface area contributed by atoms with E-state index in [-0.39, 0.29) is 11.7 Å². The Labute approximate surface area is 128 Å². The molecule has 0 aliphatic heterocycles. The normalized spacial score (nSPS) is 15.7. The number of carbonyl (C=O) groups is 1. The van der Waals surface area contributed by atoms with Crippen molar-refractivity contribution in [3.05, 3.63) is 54.0 Å². The molecule has 22 heavy (non-hydrogen) atoms. The zero-order valence-electron chi connectivity index (χ0n) is 12.3. The second-order valence-electron chi connectivity index (χ2n) is 5.49. The van der Waals surface area contributed by atoms with Crippen LogP contribution in [0.1, 0.15) is 24.8 Å². The Balaban J connectivity index is 1.80. The number of pyridine rings is 1. The van der Waals surface area contributed by atoms with E-state index in [1.54, 1.807) is 37.6 Å². The van der Waals surface area contributed by atoms with Gasteiger partial charge in [-0.25, -0.2) is 9.37 Å². The number of methoxy groups -OCH3 is 1. The number of amides is 1. The highest BCUT2D eigenvalue weighted by atomic mass is 19.1. The highest BCUT2D eigenvalue weighted by Gasteiger charge is 2.45. The van der Waals surface area contributed by atoms with Crippen LogP contribution in [-0.2, 0) is 10.2 Å². The van der Waals surface area contributed by atoms with E-state index >= 15 is 0 Å². The van der Waals surface area contributed by atoms with Crippen molar-refractivity contribution in [3.63, 3.8) is 0 Å². The van der Waals surface area contributed by atoms with Gasteiger partial charge in [0.1, 0.15) is 5.82 Å². The fourth-order valence-corrected chi connectivity index (χ4v) is 2.77. The second kappa shape index (κ2) is 5.75. The first-order valence-corrected chi connectivity index (χ1v) is 7.22. The zero-order chi connectivity index (χ0) is 15.6. The molecule has 1 amide bonds. The number of nitrogens with one attached hydrogen (secondary N) is 1. The molecule has 1 fully saturated rings. The molecule has 4 nitrogen and oxygen atoms in total. The lowest BCUT2D eigenvalue weighted by Gasteiger charge is -2.40. The molecule has 0 spiro atoms. The van der Waals surface area contributed by atoms with Gasteiger partial charge in [0, 0.05) is 6.07 Å². The van der Waals surface area contributed by atoms with Crippen molar-refractivity contribution in [2.75, 3.05) is 12.4 Å². The molecule has 3 rings (SSSR count). The van der Waals surface area contributed by atoms with Gasteiger partial charge in [-0.3, -0.25) is 4.79 Å². The molecule has 1 aliphatic carbocycles. The summed E-state index contributed by atoms with van der Waals surface area (Å²) in [6.45, 7) is 0. The van der Waals surface area contributed by atoms with Crippen molar-refractivity contribution in [3.8, 4) is 5.88 Å². The topological polar surface area (TPSA) is 51.2 Å². The third kappa shape index (κ3) is 2.54. The number of hydrogen-bond acceptors (Lipinski definition) is 3. The average Bonchev–Trinajstić information content (AvgIpc) is 2.49. The molecule has 0 radical (unpaired) electrons. The van der Waals surface area contributed by atoms with Crippen LogP contribution in [0.25, 0.3) is 0 Å². The lowest BCUT2D eigenvalue weighted by atomic mass is 9.64. The summed E-state index contributed by atoms with van der Waals surface area (Å²) in [6, 6.07) is 9.64. The van der Waals surface area contributed by atoms with Gasteiger partial charge in [-0.1, -0.05) is 18.6 Å². The summed E-state index contributed by atoms with van der Waals surface area (Å²) in [5, 5.41) is 2.90. The predicted octanol–water partition coefficient (Wildman–Crippen LogP) is 3.29. The average molecular weight is 300 g/mol. The highest BCUT2D eigenvalue weighted by molar-refractivity contribution is 5.99. The summed E-state index contributed by atoms with van der Waals surface area (Å²) in [7, 11) is 1.54. The molecule has 1 aromatic carbocycles. The summed E-state index contributed by atoms with van der Waals surface area (Å²) in [5.74, 6) is 0.130. The second-order valence-corrected chi connectivity index (χ2v) is 5.49. The summed E-state index contributed by atoms with van der Waals surface area (Å²) in [4.78, 5) is 16.8. The number of benzene rings is 1. The maximum absolute atomic E-state index is 13.1. The van der Waals surface area contributed by atoms with Crippen LogP contribution in [0.5, 0.6) is 5.88 Å². The number of halogens is 1. The SMILES string of the molecule is COc1ccc(NC(=O)C2(c3ccc(F)cc3)CCC2)cn1. The van der Waals surface area contributed by atoms with Crippen LogP contribution in [0.3, 0.4) is 0 Å². The maximum atomic E-state index is 13.1. The van der Waals surface area contributed by atoms with Crippen LogP contribution >= 0.6 is 0 Å². The van der Waals surface area contributed by atoms with Crippen LogP contribution in [-0.4, -0.2) is 18.0 Å². The molecule has 114 valence electrons. The number of carbonyl (C=O) groups excluding carboxylic acids is 1. The van der Waals surface area contributed by atoms with Crippen molar-refractivity contribution in [1.82, 2.24) is 4.98 Å². The molecule has 0 saturated heterocycles. The number of nitrogens with zero attached hydrogens (tertiary/aromatic N) is 1. The standard InChI is InChI=1S/C17H17FN2O2/c1-22-15-8-7-14(11-19-15)20-16(21)17(9-2-10-17)12-3-5-13(18)6-4-12/h3-8,11H,2,9-10H2,1H3,(H,20,21). The Morgan fingerprint density at radius 1 is 1.23 bits per heavy atom. The quantitative estimate of drug-likeness (QED) is 0.942. The molecular formula is C17H17FN2O2. The minimum absolute atomic E-state index is 0.0719. The Morgan fingerprint density at radius 3 is 2.45 bits per heavy atom. The van der Waals surface area contributed by atoms with E-state index in [4.69, 9.17) is 4.74 Å². The third-order valence-corrected chi connectivity index (χ3v) is 4.24. The maximum Gasteiger partial charge on any atom is 0.235 e. The van der Waals surface area contributed by atoms with Gasteiger partial charge in [0.2, 0.25) is 11.8 Å². The fraction of sp³-hybridized carbons (Fsp3) is 0.294. The van der Waals surface area contributed by atoms with Crippen molar-refractivity contribution < 1.29 is 13.9 Å². The largest absolute Gasteiger partial charge is 0.481 e. The lowest BCUT2D eigenvalue weighted by Crippen LogP contribution is -2.46. The van der Waals surface area contributed by atoms with Crippen LogP contribution in [0.2, 0.25) is 0 Å². The molecule has 1 aliphatic rings. The Hall–Kier alpha value is -2.43. The molecule has 2 aromatic rings. The van der Waals surface area contributed by atoms with E-state index in [1.807, 2.05) is 0 Å². The summed E-state index contributed by atoms with van der Waals surface area (Å²) in [5.41, 5.74) is 0.923. The first kappa shape index (κ1) is 14.5. The molecule has 1 N–H and O–H groups in total. The lowest BCUT2D eigenvalue weighted by molar-refractivity contribution is -0.124. The summed E-state index contributed by atoms with van der Waals surface area (Å²) in [6.07, 6.45) is 4.10. The first-order chi connectivity index (χ1) is 10.6. The molecule has 0 unspecified atom stereocenters. The molecule has 0 bridgehead atoms. The van der Waals surface area contributed by atoms with Crippen LogP contribution in [0.15, 0.2) is 42.6 Å². The minimum atomic E-state index is -0.562. The van der Waals surface area contributed by atoms with Gasteiger partial charge in [-0.15, -0.1) is 0 Å². The van der Waals surface area contributed by atoms with E-state index in [0.717, 1.165) is 24.8 Å². The van der Waals surface area contributed by atoms with Crippen LogP contribution in [0, 0.1) is 5.82 Å². The molecule has 1 saturated carbocycles. The number of hydrogen-bond donors (Lipinski definition) is 1. The molecule has 1 aromatic heterocycles. The van der Waals surface area contributed by atoms with Crippen molar-refractivity contribution in [2.45, 2.75) is 24.7 Å². The van der Waals surface area contributed by atoms with Gasteiger partial charge in [0.25, 0.3) is 0 Å². The summed E-state index contributed by atoms with van der Waals surface area (Å²) >= 11 is 0. The Kier molecular flexibility index (Phi) is 3.79. The van der Waals surface area contributed by atoms with Gasteiger partial charge < -0.3 is 10.1 Å². The summed E-state index contributed by atoms with van der Waals surface area (Å²) < 4.78 is 18.1. The number of rotatable bonds is 4. The van der Waals surface area contributed by atoms with Crippen molar-refractivity contribution in [2.24, 2.45) is 0 Å². The van der Waals surface area contributed by atoms with Crippen LogP contribution < -0.4 is 10.1 Å². The first-order valence-electron chi connectivity index (χ1n) is 7.22. The molecule has 0 atom stereocenters. The van der Waals surface area contributed by atoms with Crippen molar-refractivity contribution >= 4 is 11.6 Å². The number of aromatic nitrogens is 1. The van der Waals surface area contributed by atoms with Gasteiger partial charge in [0.05, 0.1) is 24.4 Å². The van der Waals surface area contributed by atoms with E-state index in [9.17, 15) is 9.18 Å². The minimum Gasteiger partial charge on any atom is -0.481 e. The Morgan fingerprint density at radius 2 is 1.95 bits per heavy atom. The van der Waals surface area contributed by atoms with E-state index in [1.165, 1.54) is 12.1 Å². The van der Waals surface area contributed by atoms with E-state index in [2.05, 4.69) is 10.3 Å². The van der Waals surface area contributed by atoms with E-state index < -0.39 is 5.41 Å². The monoisotopic (exact) mass is 300 g/mol. The molecule has 5 heteroatoms. The Bertz CT molecular complexity index is 664. The highest BCUT2D eigenvalue weighted by Crippen LogP contribution is 2.44. The van der Waals surface area contributed by atoms with Crippen LogP contribution in [0.4, 0.5) is 10.1 Å². The van der Waals surface area contributed by atoms with E-state index in [0.29, 0.717) is 11.6 Å². The number of anilines is 1. The third-order valence-electron chi connectivity index (χ3n) is 4.24. The zero-order valence-corrected chi connectivity index (χ0v) is 12.3. The molecule has 1 heterocycles. The predicted molar refractivity (Wildman–Crippen MR) is 81.3 cm³/mol. The van der Waals surface area contributed by atoms with Gasteiger partial charge in [-0.05, 0) is 36.6 Å². The fourth-order valence-electron chi connectivity index (χ4n) is 2.77. The van der Waals surface area contributed by atoms with Gasteiger partial charge >= 0.3 is 0 Å². The van der Waals surface area contributed by atoms with Gasteiger partial charge in [0.15, 0.2) is 0 Å².